The number of hydrogen-bond donors (Lipinski definition) is 0. The van der Waals surface area contributed by atoms with Gasteiger partial charge in [0, 0.05) is 37.4 Å². The molecule has 1 aliphatic rings. The zero-order valence-corrected chi connectivity index (χ0v) is 18.0. The van der Waals surface area contributed by atoms with Crippen LogP contribution in [0.1, 0.15) is 36.2 Å². The summed E-state index contributed by atoms with van der Waals surface area (Å²) in [5, 5.41) is 0. The molecular weight excluding hydrogens is 364 g/mol. The first-order valence-corrected chi connectivity index (χ1v) is 10.4. The van der Waals surface area contributed by atoms with E-state index in [1.165, 1.54) is 11.3 Å². The molecule has 0 spiro atoms. The van der Waals surface area contributed by atoms with Crippen LogP contribution in [0, 0.1) is 12.8 Å². The van der Waals surface area contributed by atoms with E-state index in [1.807, 2.05) is 17.0 Å². The molecule has 1 amide bonds. The maximum atomic E-state index is 13.0. The van der Waals surface area contributed by atoms with E-state index in [0.717, 1.165) is 19.5 Å². The fraction of sp³-hybridized carbons (Fsp3) is 0.458. The number of aryl methyl sites for hydroxylation is 1. The summed E-state index contributed by atoms with van der Waals surface area (Å²) in [5.74, 6) is 1.92. The lowest BCUT2D eigenvalue weighted by Gasteiger charge is -2.36. The molecule has 0 aliphatic carbocycles. The number of anilines is 1. The average molecular weight is 397 g/mol. The van der Waals surface area contributed by atoms with Gasteiger partial charge in [-0.15, -0.1) is 0 Å². The highest BCUT2D eigenvalue weighted by molar-refractivity contribution is 5.95. The molecule has 2 aromatic carbocycles. The van der Waals surface area contributed by atoms with E-state index in [4.69, 9.17) is 9.47 Å². The number of ether oxygens (including phenoxy) is 2. The van der Waals surface area contributed by atoms with Crippen molar-refractivity contribution in [1.29, 1.82) is 0 Å². The van der Waals surface area contributed by atoms with Crippen molar-refractivity contribution < 1.29 is 14.3 Å². The second kappa shape index (κ2) is 9.68. The van der Waals surface area contributed by atoms with Gasteiger partial charge in [0.2, 0.25) is 0 Å². The van der Waals surface area contributed by atoms with Crippen LogP contribution >= 0.6 is 0 Å². The molecule has 5 nitrogen and oxygen atoms in total. The van der Waals surface area contributed by atoms with Crippen LogP contribution in [-0.2, 0) is 0 Å². The minimum Gasteiger partial charge on any atom is -0.493 e. The molecule has 0 bridgehead atoms. The summed E-state index contributed by atoms with van der Waals surface area (Å²) in [4.78, 5) is 17.2. The Morgan fingerprint density at radius 2 is 1.79 bits per heavy atom. The Hall–Kier alpha value is -2.69. The highest BCUT2D eigenvalue weighted by Gasteiger charge is 2.23. The minimum absolute atomic E-state index is 0.0425. The fourth-order valence-corrected chi connectivity index (χ4v) is 3.50. The number of amides is 1. The number of rotatable bonds is 7. The van der Waals surface area contributed by atoms with Crippen LogP contribution in [0.2, 0.25) is 0 Å². The lowest BCUT2D eigenvalue weighted by Crippen LogP contribution is -2.48. The molecule has 0 atom stereocenters. The summed E-state index contributed by atoms with van der Waals surface area (Å²) < 4.78 is 11.3. The van der Waals surface area contributed by atoms with Gasteiger partial charge in [0.25, 0.3) is 5.91 Å². The quantitative estimate of drug-likeness (QED) is 0.696. The van der Waals surface area contributed by atoms with Crippen molar-refractivity contribution in [2.75, 3.05) is 44.8 Å². The van der Waals surface area contributed by atoms with E-state index in [-0.39, 0.29) is 5.91 Å². The summed E-state index contributed by atoms with van der Waals surface area (Å²) in [5.41, 5.74) is 3.12. The zero-order valence-electron chi connectivity index (χ0n) is 18.0. The molecule has 1 saturated heterocycles. The molecule has 0 unspecified atom stereocenters. The normalized spacial score (nSPS) is 14.2. The summed E-state index contributed by atoms with van der Waals surface area (Å²) in [6, 6.07) is 14.0. The van der Waals surface area contributed by atoms with E-state index >= 15 is 0 Å². The summed E-state index contributed by atoms with van der Waals surface area (Å²) in [6.07, 6.45) is 0.981. The zero-order chi connectivity index (χ0) is 20.8. The van der Waals surface area contributed by atoms with Crippen molar-refractivity contribution in [2.45, 2.75) is 27.2 Å². The van der Waals surface area contributed by atoms with Crippen molar-refractivity contribution in [3.63, 3.8) is 0 Å². The highest BCUT2D eigenvalue weighted by atomic mass is 16.5. The fourth-order valence-electron chi connectivity index (χ4n) is 3.50. The summed E-state index contributed by atoms with van der Waals surface area (Å²) in [7, 11) is 1.61. The van der Waals surface area contributed by atoms with E-state index in [0.29, 0.717) is 42.7 Å². The maximum absolute atomic E-state index is 13.0. The Kier molecular flexibility index (Phi) is 7.02. The van der Waals surface area contributed by atoms with Gasteiger partial charge in [0.15, 0.2) is 11.5 Å². The first kappa shape index (κ1) is 21.0. The first-order chi connectivity index (χ1) is 14.0. The van der Waals surface area contributed by atoms with Gasteiger partial charge in [0.05, 0.1) is 13.7 Å². The van der Waals surface area contributed by atoms with Crippen LogP contribution in [0.15, 0.2) is 42.5 Å². The average Bonchev–Trinajstić information content (AvgIpc) is 2.73. The van der Waals surface area contributed by atoms with Crippen LogP contribution in [0.4, 0.5) is 5.69 Å². The summed E-state index contributed by atoms with van der Waals surface area (Å²) in [6.45, 7) is 10.2. The van der Waals surface area contributed by atoms with Crippen LogP contribution in [0.3, 0.4) is 0 Å². The molecule has 0 saturated carbocycles. The third-order valence-corrected chi connectivity index (χ3v) is 5.30. The highest BCUT2D eigenvalue weighted by Crippen LogP contribution is 2.29. The molecule has 0 N–H and O–H groups in total. The first-order valence-electron chi connectivity index (χ1n) is 10.4. The predicted octanol–water partition coefficient (Wildman–Crippen LogP) is 4.39. The van der Waals surface area contributed by atoms with Crippen molar-refractivity contribution in [2.24, 2.45) is 5.92 Å². The molecule has 1 fully saturated rings. The van der Waals surface area contributed by atoms with Gasteiger partial charge in [-0.1, -0.05) is 26.0 Å². The van der Waals surface area contributed by atoms with E-state index < -0.39 is 0 Å². The van der Waals surface area contributed by atoms with Crippen molar-refractivity contribution in [3.8, 4) is 11.5 Å². The smallest absolute Gasteiger partial charge is 0.254 e. The molecule has 5 heteroatoms. The second-order valence-electron chi connectivity index (χ2n) is 8.01. The van der Waals surface area contributed by atoms with Crippen molar-refractivity contribution in [3.05, 3.63) is 53.6 Å². The predicted molar refractivity (Wildman–Crippen MR) is 117 cm³/mol. The van der Waals surface area contributed by atoms with Crippen LogP contribution in [-0.4, -0.2) is 50.7 Å². The topological polar surface area (TPSA) is 42.0 Å². The Bertz CT molecular complexity index is 827. The molecule has 2 aromatic rings. The maximum Gasteiger partial charge on any atom is 0.254 e. The lowest BCUT2D eigenvalue weighted by atomic mass is 10.1. The number of carbonyl (C=O) groups excluding carboxylic acids is 1. The summed E-state index contributed by atoms with van der Waals surface area (Å²) >= 11 is 0. The van der Waals surface area contributed by atoms with Crippen LogP contribution in [0.5, 0.6) is 11.5 Å². The van der Waals surface area contributed by atoms with Gasteiger partial charge < -0.3 is 19.3 Å². The molecule has 1 heterocycles. The minimum atomic E-state index is 0.0425. The van der Waals surface area contributed by atoms with E-state index in [1.54, 1.807) is 13.2 Å². The molecule has 29 heavy (non-hydrogen) atoms. The third kappa shape index (κ3) is 5.43. The third-order valence-electron chi connectivity index (χ3n) is 5.30. The standard InChI is InChI=1S/C24H32N2O3/c1-18(2)10-15-29-22-9-8-20(17-23(22)28-4)24(27)26-13-11-25(12-14-26)21-7-5-6-19(3)16-21/h5-9,16-18H,10-15H2,1-4H3. The van der Waals surface area contributed by atoms with Crippen molar-refractivity contribution >= 4 is 11.6 Å². The van der Waals surface area contributed by atoms with Gasteiger partial charge in [0.1, 0.15) is 0 Å². The largest absolute Gasteiger partial charge is 0.493 e. The van der Waals surface area contributed by atoms with Gasteiger partial charge in [-0.3, -0.25) is 4.79 Å². The molecule has 0 radical (unpaired) electrons. The van der Waals surface area contributed by atoms with Gasteiger partial charge in [-0.25, -0.2) is 0 Å². The Labute approximate surface area is 174 Å². The molecule has 3 rings (SSSR count). The number of carbonyl (C=O) groups is 1. The van der Waals surface area contributed by atoms with E-state index in [9.17, 15) is 4.79 Å². The number of hydrogen-bond acceptors (Lipinski definition) is 4. The van der Waals surface area contributed by atoms with E-state index in [2.05, 4.69) is 49.9 Å². The second-order valence-corrected chi connectivity index (χ2v) is 8.01. The molecule has 156 valence electrons. The lowest BCUT2D eigenvalue weighted by molar-refractivity contribution is 0.0746. The van der Waals surface area contributed by atoms with Gasteiger partial charge in [-0.05, 0) is 55.2 Å². The monoisotopic (exact) mass is 396 g/mol. The number of methoxy groups -OCH3 is 1. The Balaban J connectivity index is 1.61. The van der Waals surface area contributed by atoms with Crippen molar-refractivity contribution in [1.82, 2.24) is 4.90 Å². The van der Waals surface area contributed by atoms with Gasteiger partial charge in [-0.2, -0.15) is 0 Å². The molecule has 0 aromatic heterocycles. The number of benzene rings is 2. The Morgan fingerprint density at radius 1 is 1.03 bits per heavy atom. The SMILES string of the molecule is COc1cc(C(=O)N2CCN(c3cccc(C)c3)CC2)ccc1OCCC(C)C. The molecule has 1 aliphatic heterocycles. The van der Waals surface area contributed by atoms with Crippen LogP contribution in [0.25, 0.3) is 0 Å². The number of piperazine rings is 1. The van der Waals surface area contributed by atoms with Crippen LogP contribution < -0.4 is 14.4 Å². The molecular formula is C24H32N2O3. The number of nitrogens with zero attached hydrogens (tertiary/aromatic N) is 2. The Morgan fingerprint density at radius 3 is 2.45 bits per heavy atom. The van der Waals surface area contributed by atoms with Gasteiger partial charge >= 0.3 is 0 Å².